The van der Waals surface area contributed by atoms with Crippen LogP contribution < -0.4 is 4.72 Å². The van der Waals surface area contributed by atoms with Crippen molar-refractivity contribution in [1.82, 2.24) is 9.97 Å². The summed E-state index contributed by atoms with van der Waals surface area (Å²) in [5.74, 6) is 0. The number of hydrogen-bond donors (Lipinski definition) is 1. The minimum atomic E-state index is -3.87. The van der Waals surface area contributed by atoms with Crippen molar-refractivity contribution in [1.29, 1.82) is 0 Å². The summed E-state index contributed by atoms with van der Waals surface area (Å²) in [6.45, 7) is 3.89. The van der Waals surface area contributed by atoms with Crippen LogP contribution in [0.15, 0.2) is 84.0 Å². The molecule has 0 atom stereocenters. The Bertz CT molecular complexity index is 1630. The number of hydrogen-bond acceptors (Lipinski definition) is 5. The highest BCUT2D eigenvalue weighted by Crippen LogP contribution is 2.47. The Balaban J connectivity index is 1.79. The molecule has 0 fully saturated rings. The van der Waals surface area contributed by atoms with E-state index in [1.165, 1.54) is 23.5 Å². The summed E-state index contributed by atoms with van der Waals surface area (Å²) in [6.07, 6.45) is 3.50. The molecule has 5 nitrogen and oxygen atoms in total. The third kappa shape index (κ3) is 4.30. The van der Waals surface area contributed by atoms with Crippen LogP contribution in [0.3, 0.4) is 0 Å². The average molecular weight is 506 g/mol. The fraction of sp³-hybridized carbons (Fsp3) is 0.0769. The van der Waals surface area contributed by atoms with Gasteiger partial charge in [-0.3, -0.25) is 9.71 Å². The first-order valence-corrected chi connectivity index (χ1v) is 13.2. The van der Waals surface area contributed by atoms with E-state index in [0.717, 1.165) is 43.0 Å². The van der Waals surface area contributed by atoms with Gasteiger partial charge in [-0.1, -0.05) is 47.5 Å². The Morgan fingerprint density at radius 2 is 1.68 bits per heavy atom. The van der Waals surface area contributed by atoms with E-state index in [4.69, 9.17) is 16.6 Å². The van der Waals surface area contributed by atoms with Gasteiger partial charge in [-0.2, -0.15) is 0 Å². The van der Waals surface area contributed by atoms with Crippen LogP contribution in [0, 0.1) is 13.8 Å². The minimum absolute atomic E-state index is 0.101. The number of aromatic nitrogens is 2. The van der Waals surface area contributed by atoms with Gasteiger partial charge in [0.2, 0.25) is 0 Å². The number of nitrogens with zero attached hydrogens (tertiary/aromatic N) is 2. The first-order valence-electron chi connectivity index (χ1n) is 10.5. The predicted molar refractivity (Wildman–Crippen MR) is 140 cm³/mol. The molecular formula is C26H20ClN3O2S2. The Morgan fingerprint density at radius 1 is 0.912 bits per heavy atom. The first kappa shape index (κ1) is 22.5. The molecule has 5 rings (SSSR count). The molecule has 34 heavy (non-hydrogen) atoms. The molecule has 0 amide bonds. The predicted octanol–water partition coefficient (Wildman–Crippen LogP) is 7.10. The molecule has 170 valence electrons. The molecule has 0 radical (unpaired) electrons. The molecule has 0 aliphatic heterocycles. The lowest BCUT2D eigenvalue weighted by Crippen LogP contribution is -2.13. The van der Waals surface area contributed by atoms with Gasteiger partial charge >= 0.3 is 0 Å². The largest absolute Gasteiger partial charge is 0.279 e. The Labute approximate surface area is 207 Å². The molecule has 0 spiro atoms. The third-order valence-electron chi connectivity index (χ3n) is 5.39. The number of rotatable bonds is 5. The van der Waals surface area contributed by atoms with Crippen LogP contribution in [-0.4, -0.2) is 18.4 Å². The van der Waals surface area contributed by atoms with Crippen LogP contribution in [0.25, 0.3) is 31.8 Å². The van der Waals surface area contributed by atoms with Crippen molar-refractivity contribution in [3.63, 3.8) is 0 Å². The van der Waals surface area contributed by atoms with Crippen molar-refractivity contribution in [2.24, 2.45) is 0 Å². The van der Waals surface area contributed by atoms with Crippen LogP contribution in [0.1, 0.15) is 11.3 Å². The summed E-state index contributed by atoms with van der Waals surface area (Å²) in [5, 5.41) is 1.12. The maximum absolute atomic E-state index is 13.3. The maximum atomic E-state index is 13.3. The first-order chi connectivity index (χ1) is 16.3. The van der Waals surface area contributed by atoms with Crippen molar-refractivity contribution in [3.05, 3.63) is 95.4 Å². The van der Waals surface area contributed by atoms with E-state index in [1.807, 2.05) is 44.2 Å². The molecule has 0 unspecified atom stereocenters. The lowest BCUT2D eigenvalue weighted by atomic mass is 9.98. The van der Waals surface area contributed by atoms with Crippen LogP contribution in [-0.2, 0) is 10.0 Å². The molecule has 3 heterocycles. The zero-order valence-electron chi connectivity index (χ0n) is 18.4. The van der Waals surface area contributed by atoms with Gasteiger partial charge in [-0.15, -0.1) is 11.3 Å². The average Bonchev–Trinajstić information content (AvgIpc) is 3.19. The molecule has 0 bridgehead atoms. The second-order valence-corrected chi connectivity index (χ2v) is 11.1. The topological polar surface area (TPSA) is 72.0 Å². The van der Waals surface area contributed by atoms with Gasteiger partial charge in [-0.05, 0) is 61.4 Å². The van der Waals surface area contributed by atoms with Gasteiger partial charge in [-0.25, -0.2) is 13.4 Å². The number of fused-ring (bicyclic) bond motifs is 1. The second-order valence-electron chi connectivity index (χ2n) is 7.97. The van der Waals surface area contributed by atoms with E-state index in [2.05, 4.69) is 15.8 Å². The summed E-state index contributed by atoms with van der Waals surface area (Å²) >= 11 is 7.60. The summed E-state index contributed by atoms with van der Waals surface area (Å²) in [7, 11) is -3.87. The molecule has 8 heteroatoms. The summed E-state index contributed by atoms with van der Waals surface area (Å²) < 4.78 is 29.4. The van der Waals surface area contributed by atoms with E-state index < -0.39 is 10.0 Å². The molecule has 5 aromatic rings. The van der Waals surface area contributed by atoms with Crippen LogP contribution in [0.4, 0.5) is 5.69 Å². The van der Waals surface area contributed by atoms with Gasteiger partial charge in [0.05, 0.1) is 10.6 Å². The monoisotopic (exact) mass is 505 g/mol. The highest BCUT2D eigenvalue weighted by molar-refractivity contribution is 7.92. The SMILES string of the molecule is Cc1cccc(-c2c(-c3ccncc3)sc3nc(C)cc(NS(=O)(=O)c4cccc(Cl)c4)c23)c1. The number of thiophene rings is 1. The van der Waals surface area contributed by atoms with E-state index in [9.17, 15) is 8.42 Å². The molecule has 2 aromatic carbocycles. The summed E-state index contributed by atoms with van der Waals surface area (Å²) in [4.78, 5) is 10.8. The molecular weight excluding hydrogens is 486 g/mol. The smallest absolute Gasteiger partial charge is 0.261 e. The number of pyridine rings is 2. The highest BCUT2D eigenvalue weighted by Gasteiger charge is 2.23. The van der Waals surface area contributed by atoms with Gasteiger partial charge < -0.3 is 0 Å². The van der Waals surface area contributed by atoms with Crippen molar-refractivity contribution >= 4 is 48.9 Å². The fourth-order valence-corrected chi connectivity index (χ4v) is 6.56. The zero-order chi connectivity index (χ0) is 23.9. The summed E-state index contributed by atoms with van der Waals surface area (Å²) in [6, 6.07) is 20.1. The number of sulfonamides is 1. The Kier molecular flexibility index (Phi) is 5.85. The highest BCUT2D eigenvalue weighted by atomic mass is 35.5. The zero-order valence-corrected chi connectivity index (χ0v) is 20.8. The van der Waals surface area contributed by atoms with E-state index in [0.29, 0.717) is 10.7 Å². The van der Waals surface area contributed by atoms with Gasteiger partial charge in [0.15, 0.2) is 0 Å². The number of nitrogens with one attached hydrogen (secondary N) is 1. The lowest BCUT2D eigenvalue weighted by molar-refractivity contribution is 0.601. The second kappa shape index (κ2) is 8.83. The van der Waals surface area contributed by atoms with Crippen LogP contribution in [0.2, 0.25) is 5.02 Å². The molecule has 0 aliphatic rings. The number of aryl methyl sites for hydroxylation is 2. The van der Waals surface area contributed by atoms with Gasteiger partial charge in [0.1, 0.15) is 4.83 Å². The van der Waals surface area contributed by atoms with Crippen molar-refractivity contribution in [2.75, 3.05) is 4.72 Å². The molecule has 0 saturated carbocycles. The minimum Gasteiger partial charge on any atom is -0.279 e. The lowest BCUT2D eigenvalue weighted by Gasteiger charge is -2.13. The van der Waals surface area contributed by atoms with Crippen LogP contribution in [0.5, 0.6) is 0 Å². The van der Waals surface area contributed by atoms with Gasteiger partial charge in [0, 0.05) is 38.9 Å². The Morgan fingerprint density at radius 3 is 2.41 bits per heavy atom. The fourth-order valence-electron chi connectivity index (χ4n) is 3.92. The summed E-state index contributed by atoms with van der Waals surface area (Å²) in [5.41, 5.74) is 5.23. The van der Waals surface area contributed by atoms with Crippen molar-refractivity contribution in [3.8, 4) is 21.6 Å². The molecule has 0 aliphatic carbocycles. The quantitative estimate of drug-likeness (QED) is 0.276. The van der Waals surface area contributed by atoms with E-state index in [-0.39, 0.29) is 4.90 Å². The van der Waals surface area contributed by atoms with Crippen molar-refractivity contribution in [2.45, 2.75) is 18.7 Å². The number of halogens is 1. The van der Waals surface area contributed by atoms with Crippen molar-refractivity contribution < 1.29 is 8.42 Å². The molecule has 0 saturated heterocycles. The van der Waals surface area contributed by atoms with E-state index in [1.54, 1.807) is 30.6 Å². The number of anilines is 1. The third-order valence-corrected chi connectivity index (χ3v) is 8.12. The van der Waals surface area contributed by atoms with Gasteiger partial charge in [0.25, 0.3) is 10.0 Å². The van der Waals surface area contributed by atoms with E-state index >= 15 is 0 Å². The van der Waals surface area contributed by atoms with Crippen LogP contribution >= 0.6 is 22.9 Å². The normalized spacial score (nSPS) is 11.6. The Hall–Kier alpha value is -3.26. The number of benzene rings is 2. The molecule has 3 aromatic heterocycles. The standard InChI is InChI=1S/C26H20ClN3O2S2/c1-16-5-3-6-19(13-16)23-24-22(30-34(31,32)21-8-4-7-20(27)15-21)14-17(2)29-26(24)33-25(23)18-9-11-28-12-10-18/h3-15H,1-2H3,(H,29,30). The molecule has 1 N–H and O–H groups in total. The maximum Gasteiger partial charge on any atom is 0.261 e.